The molecule has 1 aromatic rings. The van der Waals surface area contributed by atoms with E-state index in [0.29, 0.717) is 6.54 Å². The van der Waals surface area contributed by atoms with Gasteiger partial charge in [0.2, 0.25) is 0 Å². The van der Waals surface area contributed by atoms with E-state index in [1.807, 2.05) is 18.2 Å². The maximum absolute atomic E-state index is 5.50. The lowest BCUT2D eigenvalue weighted by Gasteiger charge is -2.09. The highest BCUT2D eigenvalue weighted by Gasteiger charge is 2.05. The summed E-state index contributed by atoms with van der Waals surface area (Å²) in [5, 5.41) is 0. The highest BCUT2D eigenvalue weighted by atomic mass is 79.9. The van der Waals surface area contributed by atoms with E-state index in [0.717, 1.165) is 21.4 Å². The smallest absolute Gasteiger partial charge is 0.127 e. The summed E-state index contributed by atoms with van der Waals surface area (Å²) < 4.78 is 6.19. The SMILES string of the molecule is C=C(CN)c1ccc(Br)cc1OC. The summed E-state index contributed by atoms with van der Waals surface area (Å²) in [5.74, 6) is 0.796. The third-order valence-electron chi connectivity index (χ3n) is 1.79. The quantitative estimate of drug-likeness (QED) is 0.883. The first kappa shape index (κ1) is 10.3. The molecule has 3 heteroatoms. The van der Waals surface area contributed by atoms with Gasteiger partial charge in [0.05, 0.1) is 7.11 Å². The molecular formula is C10H12BrNO. The second kappa shape index (κ2) is 4.44. The third-order valence-corrected chi connectivity index (χ3v) is 2.28. The molecule has 0 radical (unpaired) electrons. The van der Waals surface area contributed by atoms with Crippen LogP contribution in [0.2, 0.25) is 0 Å². The van der Waals surface area contributed by atoms with E-state index in [4.69, 9.17) is 10.5 Å². The fraction of sp³-hybridized carbons (Fsp3) is 0.200. The Labute approximate surface area is 86.5 Å². The van der Waals surface area contributed by atoms with E-state index in [1.165, 1.54) is 0 Å². The zero-order valence-electron chi connectivity index (χ0n) is 7.51. The van der Waals surface area contributed by atoms with Gasteiger partial charge >= 0.3 is 0 Å². The minimum absolute atomic E-state index is 0.442. The molecule has 0 amide bonds. The van der Waals surface area contributed by atoms with Gasteiger partial charge < -0.3 is 10.5 Å². The van der Waals surface area contributed by atoms with Gasteiger partial charge in [-0.25, -0.2) is 0 Å². The number of benzene rings is 1. The molecule has 0 unspecified atom stereocenters. The van der Waals surface area contributed by atoms with E-state index >= 15 is 0 Å². The van der Waals surface area contributed by atoms with Gasteiger partial charge in [-0.2, -0.15) is 0 Å². The molecule has 0 heterocycles. The van der Waals surface area contributed by atoms with Crippen LogP contribution >= 0.6 is 15.9 Å². The van der Waals surface area contributed by atoms with Gasteiger partial charge in [0, 0.05) is 16.6 Å². The van der Waals surface area contributed by atoms with Gasteiger partial charge in [-0.15, -0.1) is 0 Å². The van der Waals surface area contributed by atoms with Gasteiger partial charge in [0.1, 0.15) is 5.75 Å². The number of hydrogen-bond donors (Lipinski definition) is 1. The lowest BCUT2D eigenvalue weighted by atomic mass is 10.1. The first-order chi connectivity index (χ1) is 6.19. The summed E-state index contributed by atoms with van der Waals surface area (Å²) in [5.41, 5.74) is 7.34. The van der Waals surface area contributed by atoms with Crippen molar-refractivity contribution in [2.75, 3.05) is 13.7 Å². The van der Waals surface area contributed by atoms with Crippen molar-refractivity contribution in [2.45, 2.75) is 0 Å². The van der Waals surface area contributed by atoms with Crippen LogP contribution in [0.25, 0.3) is 5.57 Å². The Hall–Kier alpha value is -0.800. The largest absolute Gasteiger partial charge is 0.496 e. The average molecular weight is 242 g/mol. The van der Waals surface area contributed by atoms with E-state index < -0.39 is 0 Å². The zero-order valence-corrected chi connectivity index (χ0v) is 9.10. The molecule has 0 bridgehead atoms. The fourth-order valence-electron chi connectivity index (χ4n) is 1.07. The van der Waals surface area contributed by atoms with E-state index in [1.54, 1.807) is 7.11 Å². The van der Waals surface area contributed by atoms with Gasteiger partial charge in [-0.1, -0.05) is 22.5 Å². The molecule has 1 rings (SSSR count). The molecule has 13 heavy (non-hydrogen) atoms. The third kappa shape index (κ3) is 2.32. The molecule has 0 aromatic heterocycles. The van der Waals surface area contributed by atoms with Crippen LogP contribution in [0.1, 0.15) is 5.56 Å². The molecule has 0 saturated heterocycles. The summed E-state index contributed by atoms with van der Waals surface area (Å²) in [6, 6.07) is 5.78. The van der Waals surface area contributed by atoms with Crippen LogP contribution in [0.5, 0.6) is 5.75 Å². The summed E-state index contributed by atoms with van der Waals surface area (Å²) >= 11 is 3.37. The molecule has 1 aromatic carbocycles. The minimum atomic E-state index is 0.442. The Bertz CT molecular complexity index is 323. The van der Waals surface area contributed by atoms with Gasteiger partial charge in [-0.05, 0) is 23.8 Å². The lowest BCUT2D eigenvalue weighted by molar-refractivity contribution is 0.413. The van der Waals surface area contributed by atoms with Crippen molar-refractivity contribution in [3.05, 3.63) is 34.8 Å². The number of ether oxygens (including phenoxy) is 1. The van der Waals surface area contributed by atoms with Gasteiger partial charge in [0.25, 0.3) is 0 Å². The van der Waals surface area contributed by atoms with Crippen molar-refractivity contribution in [1.82, 2.24) is 0 Å². The Balaban J connectivity index is 3.13. The first-order valence-electron chi connectivity index (χ1n) is 3.90. The molecule has 0 aliphatic heterocycles. The highest BCUT2D eigenvalue weighted by molar-refractivity contribution is 9.10. The van der Waals surface area contributed by atoms with E-state index in [9.17, 15) is 0 Å². The van der Waals surface area contributed by atoms with Crippen LogP contribution in [-0.2, 0) is 0 Å². The maximum Gasteiger partial charge on any atom is 0.127 e. The van der Waals surface area contributed by atoms with Crippen molar-refractivity contribution in [2.24, 2.45) is 5.73 Å². The summed E-state index contributed by atoms with van der Waals surface area (Å²) in [4.78, 5) is 0. The average Bonchev–Trinajstić information content (AvgIpc) is 2.16. The summed E-state index contributed by atoms with van der Waals surface area (Å²) in [7, 11) is 1.63. The van der Waals surface area contributed by atoms with Gasteiger partial charge in [0.15, 0.2) is 0 Å². The van der Waals surface area contributed by atoms with Gasteiger partial charge in [-0.3, -0.25) is 0 Å². The van der Waals surface area contributed by atoms with Crippen molar-refractivity contribution in [3.63, 3.8) is 0 Å². The zero-order chi connectivity index (χ0) is 9.84. The van der Waals surface area contributed by atoms with Crippen LogP contribution in [0, 0.1) is 0 Å². The van der Waals surface area contributed by atoms with Crippen LogP contribution < -0.4 is 10.5 Å². The predicted molar refractivity (Wildman–Crippen MR) is 58.8 cm³/mol. The number of nitrogens with two attached hydrogens (primary N) is 1. The highest BCUT2D eigenvalue weighted by Crippen LogP contribution is 2.27. The standard InChI is InChI=1S/C10H12BrNO/c1-7(6-12)9-4-3-8(11)5-10(9)13-2/h3-5H,1,6,12H2,2H3. The second-order valence-electron chi connectivity index (χ2n) is 2.65. The van der Waals surface area contributed by atoms with Crippen LogP contribution in [0.3, 0.4) is 0 Å². The number of rotatable bonds is 3. The monoisotopic (exact) mass is 241 g/mol. The lowest BCUT2D eigenvalue weighted by Crippen LogP contribution is -2.02. The Morgan fingerprint density at radius 3 is 2.85 bits per heavy atom. The Morgan fingerprint density at radius 2 is 2.31 bits per heavy atom. The predicted octanol–water partition coefficient (Wildman–Crippen LogP) is 2.43. The topological polar surface area (TPSA) is 35.2 Å². The molecule has 2 nitrogen and oxygen atoms in total. The molecule has 0 saturated carbocycles. The van der Waals surface area contributed by atoms with Crippen LogP contribution in [-0.4, -0.2) is 13.7 Å². The van der Waals surface area contributed by atoms with E-state index in [-0.39, 0.29) is 0 Å². The number of methoxy groups -OCH3 is 1. The number of hydrogen-bond acceptors (Lipinski definition) is 2. The van der Waals surface area contributed by atoms with Crippen molar-refractivity contribution in [3.8, 4) is 5.75 Å². The maximum atomic E-state index is 5.50. The molecule has 0 aliphatic rings. The van der Waals surface area contributed by atoms with Crippen molar-refractivity contribution in [1.29, 1.82) is 0 Å². The van der Waals surface area contributed by atoms with Crippen molar-refractivity contribution < 1.29 is 4.74 Å². The second-order valence-corrected chi connectivity index (χ2v) is 3.57. The molecule has 0 atom stereocenters. The van der Waals surface area contributed by atoms with Crippen molar-refractivity contribution >= 4 is 21.5 Å². The van der Waals surface area contributed by atoms with Crippen LogP contribution in [0.4, 0.5) is 0 Å². The molecular weight excluding hydrogens is 230 g/mol. The minimum Gasteiger partial charge on any atom is -0.496 e. The first-order valence-corrected chi connectivity index (χ1v) is 4.70. The normalized spacial score (nSPS) is 9.77. The van der Waals surface area contributed by atoms with E-state index in [2.05, 4.69) is 22.5 Å². The van der Waals surface area contributed by atoms with Crippen LogP contribution in [0.15, 0.2) is 29.3 Å². The molecule has 2 N–H and O–H groups in total. The molecule has 0 aliphatic carbocycles. The Kier molecular flexibility index (Phi) is 3.51. The Morgan fingerprint density at radius 1 is 1.62 bits per heavy atom. The summed E-state index contributed by atoms with van der Waals surface area (Å²) in [6.07, 6.45) is 0. The molecule has 70 valence electrons. The molecule has 0 spiro atoms. The molecule has 0 fully saturated rings. The fourth-order valence-corrected chi connectivity index (χ4v) is 1.41. The summed E-state index contributed by atoms with van der Waals surface area (Å²) in [6.45, 7) is 4.30. The number of halogens is 1.